The third-order valence-electron chi connectivity index (χ3n) is 5.81. The number of rotatable bonds is 6. The van der Waals surface area contributed by atoms with Crippen molar-refractivity contribution < 1.29 is 9.26 Å². The van der Waals surface area contributed by atoms with Crippen molar-refractivity contribution in [2.45, 2.75) is 19.6 Å². The van der Waals surface area contributed by atoms with Gasteiger partial charge in [-0.05, 0) is 11.1 Å². The predicted molar refractivity (Wildman–Crippen MR) is 116 cm³/mol. The number of guanidine groups is 1. The molecular formula is C22H32N6O2. The van der Waals surface area contributed by atoms with Gasteiger partial charge in [0, 0.05) is 72.0 Å². The van der Waals surface area contributed by atoms with Crippen LogP contribution in [0.15, 0.2) is 46.1 Å². The number of hydrogen-bond acceptors (Lipinski definition) is 6. The van der Waals surface area contributed by atoms with Crippen LogP contribution in [0.3, 0.4) is 0 Å². The fourth-order valence-electron chi connectivity index (χ4n) is 4.06. The first-order valence-electron chi connectivity index (χ1n) is 10.8. The summed E-state index contributed by atoms with van der Waals surface area (Å²) < 4.78 is 10.4. The van der Waals surface area contributed by atoms with Gasteiger partial charge < -0.3 is 19.5 Å². The molecule has 1 aromatic heterocycles. The van der Waals surface area contributed by atoms with Crippen molar-refractivity contribution in [1.29, 1.82) is 0 Å². The Bertz CT molecular complexity index is 796. The lowest BCUT2D eigenvalue weighted by atomic mass is 10.1. The summed E-state index contributed by atoms with van der Waals surface area (Å²) >= 11 is 0. The molecule has 0 atom stereocenters. The summed E-state index contributed by atoms with van der Waals surface area (Å²) in [6.07, 6.45) is 1.63. The zero-order valence-corrected chi connectivity index (χ0v) is 17.8. The number of aliphatic imine (C=N–C) groups is 1. The molecule has 1 N–H and O–H groups in total. The van der Waals surface area contributed by atoms with Crippen molar-refractivity contribution in [2.24, 2.45) is 4.99 Å². The van der Waals surface area contributed by atoms with Crippen LogP contribution in [-0.4, -0.2) is 85.3 Å². The first-order valence-corrected chi connectivity index (χ1v) is 10.8. The fourth-order valence-corrected chi connectivity index (χ4v) is 4.06. The van der Waals surface area contributed by atoms with Crippen LogP contribution < -0.4 is 5.32 Å². The predicted octanol–water partition coefficient (Wildman–Crippen LogP) is 1.40. The molecule has 0 spiro atoms. The lowest BCUT2D eigenvalue weighted by molar-refractivity contribution is 0.0341. The van der Waals surface area contributed by atoms with Crippen LogP contribution in [0, 0.1) is 0 Å². The van der Waals surface area contributed by atoms with E-state index >= 15 is 0 Å². The van der Waals surface area contributed by atoms with E-state index in [1.54, 1.807) is 6.26 Å². The molecule has 0 radical (unpaired) electrons. The Balaban J connectivity index is 1.29. The number of nitrogens with one attached hydrogen (secondary N) is 1. The molecule has 3 heterocycles. The summed E-state index contributed by atoms with van der Waals surface area (Å²) in [5.41, 5.74) is 3.69. The number of piperazine rings is 1. The van der Waals surface area contributed by atoms with Crippen LogP contribution in [0.2, 0.25) is 0 Å². The third kappa shape index (κ3) is 5.59. The van der Waals surface area contributed by atoms with E-state index in [2.05, 4.69) is 54.4 Å². The van der Waals surface area contributed by atoms with Gasteiger partial charge in [0.25, 0.3) is 0 Å². The standard InChI is InChI=1S/C22H32N6O2/c1-23-22(28-9-7-26(8-10-28)18-21-6-13-30-25-21)24-16-19-4-2-3-5-20(19)17-27-11-14-29-15-12-27/h2-6,13H,7-12,14-18H2,1H3,(H,23,24). The van der Waals surface area contributed by atoms with Gasteiger partial charge in [-0.1, -0.05) is 29.4 Å². The van der Waals surface area contributed by atoms with Crippen LogP contribution in [0.5, 0.6) is 0 Å². The van der Waals surface area contributed by atoms with Gasteiger partial charge in [0.15, 0.2) is 5.96 Å². The van der Waals surface area contributed by atoms with E-state index in [9.17, 15) is 0 Å². The van der Waals surface area contributed by atoms with Crippen LogP contribution in [0.25, 0.3) is 0 Å². The highest BCUT2D eigenvalue weighted by atomic mass is 16.5. The van der Waals surface area contributed by atoms with Crippen LogP contribution >= 0.6 is 0 Å². The Morgan fingerprint density at radius 1 is 0.967 bits per heavy atom. The summed E-state index contributed by atoms with van der Waals surface area (Å²) in [5.74, 6) is 0.970. The number of hydrogen-bond donors (Lipinski definition) is 1. The van der Waals surface area contributed by atoms with Gasteiger partial charge in [-0.15, -0.1) is 0 Å². The summed E-state index contributed by atoms with van der Waals surface area (Å²) in [7, 11) is 1.86. The molecule has 0 bridgehead atoms. The Morgan fingerprint density at radius 3 is 2.40 bits per heavy atom. The molecule has 0 amide bonds. The lowest BCUT2D eigenvalue weighted by Gasteiger charge is -2.36. The molecule has 0 saturated carbocycles. The van der Waals surface area contributed by atoms with Crippen molar-refractivity contribution in [1.82, 2.24) is 25.2 Å². The molecule has 2 fully saturated rings. The second-order valence-electron chi connectivity index (χ2n) is 7.81. The average Bonchev–Trinajstić information content (AvgIpc) is 3.30. The number of morpholine rings is 1. The smallest absolute Gasteiger partial charge is 0.194 e. The first-order chi connectivity index (χ1) is 14.8. The van der Waals surface area contributed by atoms with E-state index in [0.717, 1.165) is 83.8 Å². The number of aromatic nitrogens is 1. The maximum Gasteiger partial charge on any atom is 0.194 e. The van der Waals surface area contributed by atoms with Crippen molar-refractivity contribution in [3.8, 4) is 0 Å². The zero-order valence-electron chi connectivity index (χ0n) is 17.8. The van der Waals surface area contributed by atoms with Gasteiger partial charge in [-0.25, -0.2) is 0 Å². The molecule has 8 heteroatoms. The summed E-state index contributed by atoms with van der Waals surface area (Å²) in [6.45, 7) is 10.1. The van der Waals surface area contributed by atoms with Crippen molar-refractivity contribution >= 4 is 5.96 Å². The molecule has 2 aliphatic rings. The summed E-state index contributed by atoms with van der Waals surface area (Å²) in [4.78, 5) is 11.7. The van der Waals surface area contributed by atoms with E-state index < -0.39 is 0 Å². The topological polar surface area (TPSA) is 69.4 Å². The monoisotopic (exact) mass is 412 g/mol. The molecule has 2 aliphatic heterocycles. The Labute approximate surface area is 178 Å². The third-order valence-corrected chi connectivity index (χ3v) is 5.81. The molecular weight excluding hydrogens is 380 g/mol. The van der Waals surface area contributed by atoms with Crippen molar-refractivity contribution in [2.75, 3.05) is 59.5 Å². The maximum atomic E-state index is 5.48. The average molecular weight is 413 g/mol. The highest BCUT2D eigenvalue weighted by Gasteiger charge is 2.20. The molecule has 0 unspecified atom stereocenters. The molecule has 8 nitrogen and oxygen atoms in total. The van der Waals surface area contributed by atoms with E-state index in [1.165, 1.54) is 11.1 Å². The molecule has 30 heavy (non-hydrogen) atoms. The molecule has 1 aromatic carbocycles. The Morgan fingerprint density at radius 2 is 1.70 bits per heavy atom. The highest BCUT2D eigenvalue weighted by molar-refractivity contribution is 5.80. The number of nitrogens with zero attached hydrogens (tertiary/aromatic N) is 5. The van der Waals surface area contributed by atoms with Crippen LogP contribution in [0.1, 0.15) is 16.8 Å². The zero-order chi connectivity index (χ0) is 20.6. The molecule has 2 aromatic rings. The van der Waals surface area contributed by atoms with E-state index in [4.69, 9.17) is 9.26 Å². The maximum absolute atomic E-state index is 5.48. The molecule has 4 rings (SSSR count). The lowest BCUT2D eigenvalue weighted by Crippen LogP contribution is -2.52. The van der Waals surface area contributed by atoms with Gasteiger partial charge in [0.2, 0.25) is 0 Å². The largest absolute Gasteiger partial charge is 0.379 e. The van der Waals surface area contributed by atoms with Gasteiger partial charge >= 0.3 is 0 Å². The Kier molecular flexibility index (Phi) is 7.34. The quantitative estimate of drug-likeness (QED) is 0.568. The molecule has 0 aliphatic carbocycles. The second kappa shape index (κ2) is 10.6. The molecule has 2 saturated heterocycles. The molecule has 162 valence electrons. The van der Waals surface area contributed by atoms with E-state index in [-0.39, 0.29) is 0 Å². The highest BCUT2D eigenvalue weighted by Crippen LogP contribution is 2.14. The van der Waals surface area contributed by atoms with Crippen LogP contribution in [0.4, 0.5) is 0 Å². The fraction of sp³-hybridized carbons (Fsp3) is 0.545. The Hall–Kier alpha value is -2.42. The van der Waals surface area contributed by atoms with E-state index in [1.807, 2.05) is 13.1 Å². The first kappa shape index (κ1) is 20.8. The van der Waals surface area contributed by atoms with Gasteiger partial charge in [0.05, 0.1) is 18.9 Å². The summed E-state index contributed by atoms with van der Waals surface area (Å²) in [6, 6.07) is 10.6. The number of benzene rings is 1. The normalized spacial score (nSPS) is 19.2. The number of ether oxygens (including phenoxy) is 1. The SMILES string of the molecule is CN=C(NCc1ccccc1CN1CCOCC1)N1CCN(Cc2ccon2)CC1. The van der Waals surface area contributed by atoms with Crippen molar-refractivity contribution in [3.63, 3.8) is 0 Å². The van der Waals surface area contributed by atoms with Gasteiger partial charge in [-0.3, -0.25) is 14.8 Å². The van der Waals surface area contributed by atoms with Gasteiger partial charge in [0.1, 0.15) is 6.26 Å². The minimum Gasteiger partial charge on any atom is -0.379 e. The minimum atomic E-state index is 0.784. The van der Waals surface area contributed by atoms with E-state index in [0.29, 0.717) is 0 Å². The second-order valence-corrected chi connectivity index (χ2v) is 7.81. The van der Waals surface area contributed by atoms with Crippen LogP contribution in [-0.2, 0) is 24.4 Å². The summed E-state index contributed by atoms with van der Waals surface area (Å²) in [5, 5.41) is 7.60. The van der Waals surface area contributed by atoms with Crippen molar-refractivity contribution in [3.05, 3.63) is 53.4 Å². The van der Waals surface area contributed by atoms with Gasteiger partial charge in [-0.2, -0.15) is 0 Å². The minimum absolute atomic E-state index is 0.784.